The smallest absolute Gasteiger partial charge is 0.268 e. The van der Waals surface area contributed by atoms with Crippen LogP contribution in [0.3, 0.4) is 0 Å². The van der Waals surface area contributed by atoms with Gasteiger partial charge in [0.05, 0.1) is 0 Å². The molecule has 0 aliphatic heterocycles. The molecule has 0 aromatic rings. The zero-order chi connectivity index (χ0) is 11.2. The maximum absolute atomic E-state index is 11.4. The fraction of sp³-hybridized carbons (Fsp3) is 0.400. The normalized spacial score (nSPS) is 14.0. The summed E-state index contributed by atoms with van der Waals surface area (Å²) in [6.45, 7) is 1.55. The summed E-state index contributed by atoms with van der Waals surface area (Å²) in [5, 5.41) is 0. The summed E-state index contributed by atoms with van der Waals surface area (Å²) in [6.07, 6.45) is -2.28. The molecule has 0 rings (SSSR count). The monoisotopic (exact) mass is 232 g/mol. The van der Waals surface area contributed by atoms with Crippen LogP contribution in [0.15, 0.2) is 17.4 Å². The molecule has 0 bridgehead atoms. The highest BCUT2D eigenvalue weighted by molar-refractivity contribution is 7.84. The lowest BCUT2D eigenvalue weighted by Crippen LogP contribution is -2.28. The van der Waals surface area contributed by atoms with Crippen LogP contribution in [0.25, 0.3) is 0 Å². The van der Waals surface area contributed by atoms with E-state index in [4.69, 9.17) is 0 Å². The Balaban J connectivity index is 4.23. The summed E-state index contributed by atoms with van der Waals surface area (Å²) in [4.78, 5) is 3.40. The number of halogens is 3. The van der Waals surface area contributed by atoms with Gasteiger partial charge in [0.1, 0.15) is 0 Å². The van der Waals surface area contributed by atoms with Crippen LogP contribution < -0.4 is 4.72 Å². The van der Waals surface area contributed by atoms with Crippen molar-refractivity contribution in [3.05, 3.63) is 12.4 Å². The highest BCUT2D eigenvalue weighted by Gasteiger charge is 2.36. The molecule has 0 aliphatic rings. The summed E-state index contributed by atoms with van der Waals surface area (Å²) in [6, 6.07) is 0. The third kappa shape index (κ3) is 7.55. The topological polar surface area (TPSA) is 67.8 Å². The third-order valence-electron chi connectivity index (χ3n) is 0.726. The SMILES string of the molecule is CC=N/C=C\NS(=O)(=O)OC(F)(F)F. The van der Waals surface area contributed by atoms with Gasteiger partial charge >= 0.3 is 16.7 Å². The second kappa shape index (κ2) is 4.96. The minimum absolute atomic E-state index is 0.696. The molecule has 0 unspecified atom stereocenters. The summed E-state index contributed by atoms with van der Waals surface area (Å²) in [7, 11) is -4.86. The highest BCUT2D eigenvalue weighted by atomic mass is 32.2. The van der Waals surface area contributed by atoms with Gasteiger partial charge in [-0.15, -0.1) is 13.2 Å². The molecular weight excluding hydrogens is 225 g/mol. The van der Waals surface area contributed by atoms with Gasteiger partial charge in [0.2, 0.25) is 0 Å². The molecular formula is C5H7F3N2O3S. The molecule has 0 saturated heterocycles. The Bertz CT molecular complexity index is 320. The molecule has 0 heterocycles. The zero-order valence-electron chi connectivity index (χ0n) is 6.95. The van der Waals surface area contributed by atoms with Crippen molar-refractivity contribution in [1.29, 1.82) is 0 Å². The van der Waals surface area contributed by atoms with E-state index < -0.39 is 16.7 Å². The average molecular weight is 232 g/mol. The lowest BCUT2D eigenvalue weighted by Gasteiger charge is -2.06. The van der Waals surface area contributed by atoms with Crippen molar-refractivity contribution in [2.24, 2.45) is 4.99 Å². The molecule has 0 spiro atoms. The Morgan fingerprint density at radius 2 is 2.00 bits per heavy atom. The summed E-state index contributed by atoms with van der Waals surface area (Å²) < 4.78 is 59.3. The van der Waals surface area contributed by atoms with E-state index in [-0.39, 0.29) is 0 Å². The molecule has 5 nitrogen and oxygen atoms in total. The Kier molecular flexibility index (Phi) is 4.57. The molecule has 82 valence electrons. The first-order chi connectivity index (χ1) is 6.27. The summed E-state index contributed by atoms with van der Waals surface area (Å²) in [5.74, 6) is 0. The van der Waals surface area contributed by atoms with E-state index in [1.165, 1.54) is 10.9 Å². The van der Waals surface area contributed by atoms with E-state index in [2.05, 4.69) is 9.18 Å². The van der Waals surface area contributed by atoms with Gasteiger partial charge < -0.3 is 0 Å². The van der Waals surface area contributed by atoms with Gasteiger partial charge in [-0.2, -0.15) is 12.6 Å². The molecule has 0 saturated carbocycles. The zero-order valence-corrected chi connectivity index (χ0v) is 7.76. The molecule has 0 aromatic heterocycles. The van der Waals surface area contributed by atoms with Gasteiger partial charge in [0.15, 0.2) is 0 Å². The van der Waals surface area contributed by atoms with E-state index in [9.17, 15) is 21.6 Å². The molecule has 0 atom stereocenters. The number of nitrogens with zero attached hydrogens (tertiary/aromatic N) is 1. The highest BCUT2D eigenvalue weighted by Crippen LogP contribution is 2.18. The van der Waals surface area contributed by atoms with E-state index in [0.29, 0.717) is 6.20 Å². The minimum atomic E-state index is -5.24. The third-order valence-corrected chi connectivity index (χ3v) is 1.56. The van der Waals surface area contributed by atoms with Crippen LogP contribution in [0.4, 0.5) is 13.2 Å². The fourth-order valence-electron chi connectivity index (χ4n) is 0.391. The van der Waals surface area contributed by atoms with Crippen LogP contribution in [0.2, 0.25) is 0 Å². The summed E-state index contributed by atoms with van der Waals surface area (Å²) >= 11 is 0. The number of rotatable bonds is 4. The largest absolute Gasteiger partial charge is 0.538 e. The first kappa shape index (κ1) is 12.9. The van der Waals surface area contributed by atoms with Gasteiger partial charge in [0.25, 0.3) is 0 Å². The van der Waals surface area contributed by atoms with Crippen LogP contribution in [0.1, 0.15) is 6.92 Å². The van der Waals surface area contributed by atoms with Gasteiger partial charge in [-0.05, 0) is 6.92 Å². The van der Waals surface area contributed by atoms with E-state index in [1.807, 2.05) is 0 Å². The second-order valence-corrected chi connectivity index (χ2v) is 3.13. The first-order valence-electron chi connectivity index (χ1n) is 3.19. The van der Waals surface area contributed by atoms with E-state index >= 15 is 0 Å². The molecule has 1 N–H and O–H groups in total. The van der Waals surface area contributed by atoms with Crippen LogP contribution in [0.5, 0.6) is 0 Å². The van der Waals surface area contributed by atoms with Crippen molar-refractivity contribution >= 4 is 16.5 Å². The predicted molar refractivity (Wildman–Crippen MR) is 42.5 cm³/mol. The van der Waals surface area contributed by atoms with Gasteiger partial charge in [-0.3, -0.25) is 9.71 Å². The maximum Gasteiger partial charge on any atom is 0.538 e. The molecule has 9 heteroatoms. The average Bonchev–Trinajstić information content (AvgIpc) is 1.93. The van der Waals surface area contributed by atoms with Crippen LogP contribution in [-0.4, -0.2) is 21.0 Å². The standard InChI is InChI=1S/C5H7F3N2O3S/c1-2-9-3-4-10-14(11,12)13-5(6,7)8/h2-4,10H,1H3/b4-3-,9-2?. The van der Waals surface area contributed by atoms with E-state index in [0.717, 1.165) is 6.20 Å². The Hall–Kier alpha value is -1.09. The Morgan fingerprint density at radius 3 is 2.43 bits per heavy atom. The lowest BCUT2D eigenvalue weighted by atomic mass is 10.8. The number of nitrogens with one attached hydrogen (secondary N) is 1. The van der Waals surface area contributed by atoms with Crippen molar-refractivity contribution in [1.82, 2.24) is 4.72 Å². The lowest BCUT2D eigenvalue weighted by molar-refractivity contribution is -0.272. The Labute approximate surface area is 78.5 Å². The first-order valence-corrected chi connectivity index (χ1v) is 4.60. The van der Waals surface area contributed by atoms with Crippen LogP contribution in [0, 0.1) is 0 Å². The Morgan fingerprint density at radius 1 is 1.43 bits per heavy atom. The minimum Gasteiger partial charge on any atom is -0.268 e. The molecule has 0 radical (unpaired) electrons. The van der Waals surface area contributed by atoms with Gasteiger partial charge in [-0.25, -0.2) is 0 Å². The summed E-state index contributed by atoms with van der Waals surface area (Å²) in [5.41, 5.74) is 0. The number of hydrogen-bond acceptors (Lipinski definition) is 4. The number of aliphatic imine (C=N–C) groups is 1. The molecule has 0 aromatic carbocycles. The molecule has 14 heavy (non-hydrogen) atoms. The molecule has 0 amide bonds. The number of alkyl halides is 3. The molecule has 0 aliphatic carbocycles. The predicted octanol–water partition coefficient (Wildman–Crippen LogP) is 0.919. The second-order valence-electron chi connectivity index (χ2n) is 1.82. The van der Waals surface area contributed by atoms with E-state index in [1.54, 1.807) is 6.92 Å². The van der Waals surface area contributed by atoms with Crippen molar-refractivity contribution in [3.8, 4) is 0 Å². The van der Waals surface area contributed by atoms with Crippen LogP contribution >= 0.6 is 0 Å². The number of hydrogen-bond donors (Lipinski definition) is 1. The van der Waals surface area contributed by atoms with Crippen molar-refractivity contribution in [2.45, 2.75) is 13.3 Å². The van der Waals surface area contributed by atoms with Crippen molar-refractivity contribution < 1.29 is 25.8 Å². The van der Waals surface area contributed by atoms with Crippen molar-refractivity contribution in [2.75, 3.05) is 0 Å². The molecule has 0 fully saturated rings. The van der Waals surface area contributed by atoms with Gasteiger partial charge in [0, 0.05) is 18.6 Å². The van der Waals surface area contributed by atoms with Crippen molar-refractivity contribution in [3.63, 3.8) is 0 Å². The fourth-order valence-corrected chi connectivity index (χ4v) is 0.916. The van der Waals surface area contributed by atoms with Gasteiger partial charge in [-0.1, -0.05) is 0 Å². The quantitative estimate of drug-likeness (QED) is 0.733. The maximum atomic E-state index is 11.4. The van der Waals surface area contributed by atoms with Crippen LogP contribution in [-0.2, 0) is 14.5 Å².